The summed E-state index contributed by atoms with van der Waals surface area (Å²) in [5, 5.41) is 3.92. The smallest absolute Gasteiger partial charge is 0.256 e. The summed E-state index contributed by atoms with van der Waals surface area (Å²) in [6.45, 7) is 7.39. The molecule has 0 saturated heterocycles. The zero-order valence-electron chi connectivity index (χ0n) is 13.6. The molecule has 2 aromatic heterocycles. The molecule has 2 aromatic rings. The van der Waals surface area contributed by atoms with Crippen LogP contribution in [0.15, 0.2) is 10.6 Å². The highest BCUT2D eigenvalue weighted by Crippen LogP contribution is 2.21. The number of Topliss-reactive ketones (excluding diaryl/α,β-unsaturated/α-hetero) is 1. The van der Waals surface area contributed by atoms with Gasteiger partial charge in [0.1, 0.15) is 0 Å². The summed E-state index contributed by atoms with van der Waals surface area (Å²) in [7, 11) is 1.70. The fourth-order valence-corrected chi connectivity index (χ4v) is 2.52. The van der Waals surface area contributed by atoms with Gasteiger partial charge in [-0.15, -0.1) is 0 Å². The van der Waals surface area contributed by atoms with Gasteiger partial charge in [0.15, 0.2) is 11.5 Å². The second-order valence-corrected chi connectivity index (χ2v) is 5.48. The predicted octanol–water partition coefficient (Wildman–Crippen LogP) is 2.66. The minimum absolute atomic E-state index is 0.0786. The third-order valence-corrected chi connectivity index (χ3v) is 3.71. The van der Waals surface area contributed by atoms with Gasteiger partial charge >= 0.3 is 0 Å². The lowest BCUT2D eigenvalue weighted by molar-refractivity contribution is 0.0771. The fourth-order valence-electron chi connectivity index (χ4n) is 2.52. The molecule has 2 heterocycles. The van der Waals surface area contributed by atoms with Crippen LogP contribution in [0.3, 0.4) is 0 Å². The van der Waals surface area contributed by atoms with E-state index in [1.54, 1.807) is 25.8 Å². The van der Waals surface area contributed by atoms with Crippen LogP contribution in [-0.4, -0.2) is 33.8 Å². The van der Waals surface area contributed by atoms with Crippen molar-refractivity contribution in [2.24, 2.45) is 0 Å². The van der Waals surface area contributed by atoms with Gasteiger partial charge in [0.2, 0.25) is 0 Å². The van der Waals surface area contributed by atoms with E-state index < -0.39 is 0 Å². The first kappa shape index (κ1) is 16.0. The molecule has 6 nitrogen and oxygen atoms in total. The Morgan fingerprint density at radius 2 is 2.05 bits per heavy atom. The van der Waals surface area contributed by atoms with Gasteiger partial charge in [0.25, 0.3) is 5.91 Å². The number of hydrogen-bond acceptors (Lipinski definition) is 4. The van der Waals surface area contributed by atoms with Crippen LogP contribution in [0.4, 0.5) is 0 Å². The van der Waals surface area contributed by atoms with Gasteiger partial charge in [-0.3, -0.25) is 9.59 Å². The minimum Gasteiger partial charge on any atom is -0.359 e. The van der Waals surface area contributed by atoms with Crippen LogP contribution in [0.2, 0.25) is 0 Å². The summed E-state index contributed by atoms with van der Waals surface area (Å²) in [5.41, 5.74) is 3.29. The Balaban J connectivity index is 2.22. The second-order valence-electron chi connectivity index (χ2n) is 5.48. The largest absolute Gasteiger partial charge is 0.359 e. The van der Waals surface area contributed by atoms with Gasteiger partial charge in [-0.2, -0.15) is 0 Å². The van der Waals surface area contributed by atoms with Gasteiger partial charge in [-0.1, -0.05) is 12.1 Å². The fraction of sp³-hybridized carbons (Fsp3) is 0.438. The van der Waals surface area contributed by atoms with E-state index in [0.717, 1.165) is 12.1 Å². The average Bonchev–Trinajstić information content (AvgIpc) is 3.02. The molecular formula is C16H21N3O3. The number of aromatic nitrogens is 2. The molecule has 1 amide bonds. The standard InChI is InChI=1S/C16H21N3O3/c1-6-12-7-13(22-18-12)8-19(5)16(21)14-9(2)15(11(4)20)17-10(14)3/h7,17H,6,8H2,1-5H3. The maximum Gasteiger partial charge on any atom is 0.256 e. The first-order chi connectivity index (χ1) is 10.3. The summed E-state index contributed by atoms with van der Waals surface area (Å²) in [5.74, 6) is 0.420. The number of rotatable bonds is 5. The van der Waals surface area contributed by atoms with Crippen molar-refractivity contribution in [3.63, 3.8) is 0 Å². The number of carbonyl (C=O) groups excluding carboxylic acids is 2. The number of amides is 1. The Morgan fingerprint density at radius 1 is 1.36 bits per heavy atom. The number of aryl methyl sites for hydroxylation is 2. The molecule has 22 heavy (non-hydrogen) atoms. The zero-order chi connectivity index (χ0) is 16.4. The van der Waals surface area contributed by atoms with Crippen LogP contribution in [0, 0.1) is 13.8 Å². The molecule has 0 fully saturated rings. The summed E-state index contributed by atoms with van der Waals surface area (Å²) in [4.78, 5) is 28.8. The molecule has 0 aromatic carbocycles. The Morgan fingerprint density at radius 3 is 2.55 bits per heavy atom. The van der Waals surface area contributed by atoms with Crippen molar-refractivity contribution in [1.82, 2.24) is 15.0 Å². The lowest BCUT2D eigenvalue weighted by Crippen LogP contribution is -2.27. The molecule has 0 atom stereocenters. The summed E-state index contributed by atoms with van der Waals surface area (Å²) in [6.07, 6.45) is 0.791. The van der Waals surface area contributed by atoms with Gasteiger partial charge in [0, 0.05) is 25.7 Å². The predicted molar refractivity (Wildman–Crippen MR) is 81.9 cm³/mol. The van der Waals surface area contributed by atoms with Crippen LogP contribution in [0.5, 0.6) is 0 Å². The molecule has 1 N–H and O–H groups in total. The maximum atomic E-state index is 12.6. The van der Waals surface area contributed by atoms with Crippen molar-refractivity contribution >= 4 is 11.7 Å². The van der Waals surface area contributed by atoms with Crippen LogP contribution in [-0.2, 0) is 13.0 Å². The number of aromatic amines is 1. The summed E-state index contributed by atoms with van der Waals surface area (Å²) in [6, 6.07) is 1.85. The summed E-state index contributed by atoms with van der Waals surface area (Å²) >= 11 is 0. The SMILES string of the molecule is CCc1cc(CN(C)C(=O)c2c(C)[nH]c(C(C)=O)c2C)on1. The van der Waals surface area contributed by atoms with Crippen molar-refractivity contribution in [2.45, 2.75) is 40.7 Å². The van der Waals surface area contributed by atoms with Gasteiger partial charge in [-0.25, -0.2) is 0 Å². The normalized spacial score (nSPS) is 10.8. The Kier molecular flexibility index (Phi) is 4.49. The molecule has 0 spiro atoms. The molecule has 2 rings (SSSR count). The first-order valence-corrected chi connectivity index (χ1v) is 7.25. The van der Waals surface area contributed by atoms with Crippen molar-refractivity contribution in [2.75, 3.05) is 7.05 Å². The summed E-state index contributed by atoms with van der Waals surface area (Å²) < 4.78 is 5.21. The number of H-pyrrole nitrogens is 1. The third-order valence-electron chi connectivity index (χ3n) is 3.71. The molecule has 0 aliphatic carbocycles. The maximum absolute atomic E-state index is 12.6. The van der Waals surface area contributed by atoms with E-state index in [1.807, 2.05) is 13.0 Å². The van der Waals surface area contributed by atoms with Crippen molar-refractivity contribution in [3.05, 3.63) is 40.0 Å². The van der Waals surface area contributed by atoms with Crippen LogP contribution < -0.4 is 0 Å². The molecule has 0 bridgehead atoms. The number of nitrogens with one attached hydrogen (secondary N) is 1. The lowest BCUT2D eigenvalue weighted by atomic mass is 10.1. The van der Waals surface area contributed by atoms with E-state index in [-0.39, 0.29) is 11.7 Å². The van der Waals surface area contributed by atoms with Crippen molar-refractivity contribution in [1.29, 1.82) is 0 Å². The van der Waals surface area contributed by atoms with Crippen LogP contribution in [0.1, 0.15) is 57.4 Å². The van der Waals surface area contributed by atoms with E-state index in [4.69, 9.17) is 4.52 Å². The highest BCUT2D eigenvalue weighted by Gasteiger charge is 2.23. The minimum atomic E-state index is -0.145. The molecule has 0 radical (unpaired) electrons. The highest BCUT2D eigenvalue weighted by molar-refractivity contribution is 6.02. The number of nitrogens with zero attached hydrogens (tertiary/aromatic N) is 2. The van der Waals surface area contributed by atoms with E-state index in [2.05, 4.69) is 10.1 Å². The Labute approximate surface area is 129 Å². The van der Waals surface area contributed by atoms with E-state index in [0.29, 0.717) is 34.8 Å². The van der Waals surface area contributed by atoms with Gasteiger partial charge < -0.3 is 14.4 Å². The number of hydrogen-bond donors (Lipinski definition) is 1. The van der Waals surface area contributed by atoms with Crippen LogP contribution >= 0.6 is 0 Å². The quantitative estimate of drug-likeness (QED) is 0.861. The Bertz CT molecular complexity index is 712. The molecule has 0 saturated carbocycles. The lowest BCUT2D eigenvalue weighted by Gasteiger charge is -2.16. The topological polar surface area (TPSA) is 79.2 Å². The first-order valence-electron chi connectivity index (χ1n) is 7.25. The van der Waals surface area contributed by atoms with E-state index >= 15 is 0 Å². The monoisotopic (exact) mass is 303 g/mol. The molecule has 118 valence electrons. The molecular weight excluding hydrogens is 282 g/mol. The highest BCUT2D eigenvalue weighted by atomic mass is 16.5. The second kappa shape index (κ2) is 6.17. The average molecular weight is 303 g/mol. The van der Waals surface area contributed by atoms with Gasteiger partial charge in [-0.05, 0) is 25.8 Å². The van der Waals surface area contributed by atoms with Crippen LogP contribution in [0.25, 0.3) is 0 Å². The Hall–Kier alpha value is -2.37. The van der Waals surface area contributed by atoms with E-state index in [9.17, 15) is 9.59 Å². The number of carbonyl (C=O) groups is 2. The molecule has 6 heteroatoms. The number of ketones is 1. The van der Waals surface area contributed by atoms with Gasteiger partial charge in [0.05, 0.1) is 23.5 Å². The van der Waals surface area contributed by atoms with Crippen molar-refractivity contribution in [3.8, 4) is 0 Å². The zero-order valence-corrected chi connectivity index (χ0v) is 13.6. The molecule has 0 unspecified atom stereocenters. The van der Waals surface area contributed by atoms with E-state index in [1.165, 1.54) is 6.92 Å². The molecule has 0 aliphatic heterocycles. The third kappa shape index (κ3) is 2.95. The molecule has 0 aliphatic rings. The van der Waals surface area contributed by atoms with Crippen molar-refractivity contribution < 1.29 is 14.1 Å².